The molecule has 0 fully saturated rings. The topological polar surface area (TPSA) is 69.6 Å². The van der Waals surface area contributed by atoms with Gasteiger partial charge in [-0.2, -0.15) is 0 Å². The monoisotopic (exact) mass is 704 g/mol. The predicted molar refractivity (Wildman–Crippen MR) is 221 cm³/mol. The minimum Gasteiger partial charge on any atom is -0.394 e. The van der Waals surface area contributed by atoms with Crippen LogP contribution < -0.4 is 5.32 Å². The molecule has 0 saturated carbocycles. The van der Waals surface area contributed by atoms with Gasteiger partial charge in [-0.05, 0) is 44.9 Å². The van der Waals surface area contributed by atoms with Crippen LogP contribution in [0, 0.1) is 0 Å². The Hall–Kier alpha value is -1.13. The van der Waals surface area contributed by atoms with Crippen LogP contribution in [0.5, 0.6) is 0 Å². The van der Waals surface area contributed by atoms with Gasteiger partial charge in [0.1, 0.15) is 0 Å². The zero-order valence-electron chi connectivity index (χ0n) is 33.9. The number of aliphatic hydroxyl groups is 2. The summed E-state index contributed by atoms with van der Waals surface area (Å²) in [5, 5.41) is 22.9. The van der Waals surface area contributed by atoms with Crippen molar-refractivity contribution in [3.63, 3.8) is 0 Å². The minimum absolute atomic E-state index is 0.0636. The van der Waals surface area contributed by atoms with E-state index >= 15 is 0 Å². The van der Waals surface area contributed by atoms with Crippen LogP contribution in [0.25, 0.3) is 0 Å². The third-order valence-corrected chi connectivity index (χ3v) is 10.4. The van der Waals surface area contributed by atoms with Gasteiger partial charge in [0.2, 0.25) is 5.91 Å². The largest absolute Gasteiger partial charge is 0.394 e. The smallest absolute Gasteiger partial charge is 0.220 e. The number of nitrogens with one attached hydrogen (secondary N) is 1. The molecule has 3 N–H and O–H groups in total. The lowest BCUT2D eigenvalue weighted by molar-refractivity contribution is -0.123. The molecule has 0 aromatic carbocycles. The van der Waals surface area contributed by atoms with E-state index in [4.69, 9.17) is 0 Å². The fourth-order valence-corrected chi connectivity index (χ4v) is 6.94. The highest BCUT2D eigenvalue weighted by Crippen LogP contribution is 2.16. The zero-order chi connectivity index (χ0) is 36.4. The Labute approximate surface area is 313 Å². The molecule has 1 amide bonds. The first-order valence-corrected chi connectivity index (χ1v) is 22.6. The molecular weight excluding hydrogens is 615 g/mol. The maximum absolute atomic E-state index is 12.3. The van der Waals surface area contributed by atoms with Crippen molar-refractivity contribution >= 4 is 5.91 Å². The number of amides is 1. The summed E-state index contributed by atoms with van der Waals surface area (Å²) in [5.74, 6) is -0.0636. The summed E-state index contributed by atoms with van der Waals surface area (Å²) in [6.07, 6.45) is 54.5. The molecule has 4 heteroatoms. The number of unbranched alkanes of at least 4 members (excludes halogenated alkanes) is 32. The summed E-state index contributed by atoms with van der Waals surface area (Å²) in [6, 6.07) is -0.616. The zero-order valence-corrected chi connectivity index (χ0v) is 33.9. The number of aliphatic hydroxyl groups excluding tert-OH is 2. The number of carbonyl (C=O) groups excluding carboxylic acids is 1. The lowest BCUT2D eigenvalue weighted by Gasteiger charge is -2.20. The summed E-state index contributed by atoms with van der Waals surface area (Å²) in [7, 11) is 0. The molecule has 4 nitrogen and oxygen atoms in total. The van der Waals surface area contributed by atoms with E-state index in [-0.39, 0.29) is 12.5 Å². The number of rotatable bonds is 41. The van der Waals surface area contributed by atoms with Gasteiger partial charge in [0.25, 0.3) is 0 Å². The van der Waals surface area contributed by atoms with Crippen molar-refractivity contribution in [3.8, 4) is 0 Å². The van der Waals surface area contributed by atoms with Gasteiger partial charge in [-0.15, -0.1) is 0 Å². The van der Waals surface area contributed by atoms with E-state index in [0.717, 1.165) is 25.7 Å². The molecule has 0 saturated heterocycles. The van der Waals surface area contributed by atoms with Crippen molar-refractivity contribution in [1.82, 2.24) is 5.32 Å². The quantitative estimate of drug-likeness (QED) is 0.0438. The number of allylic oxidation sites excluding steroid dienone is 3. The molecule has 0 aromatic rings. The molecule has 296 valence electrons. The second kappa shape index (κ2) is 42.3. The molecule has 0 rings (SSSR count). The fraction of sp³-hybridized carbons (Fsp3) is 0.891. The van der Waals surface area contributed by atoms with E-state index in [1.807, 2.05) is 6.08 Å². The summed E-state index contributed by atoms with van der Waals surface area (Å²) in [5.41, 5.74) is 0. The van der Waals surface area contributed by atoms with E-state index in [9.17, 15) is 15.0 Å². The van der Waals surface area contributed by atoms with Crippen LogP contribution in [0.4, 0.5) is 0 Å². The molecule has 2 unspecified atom stereocenters. The molecule has 0 aliphatic heterocycles. The highest BCUT2D eigenvalue weighted by Gasteiger charge is 2.17. The van der Waals surface area contributed by atoms with Gasteiger partial charge in [-0.3, -0.25) is 4.79 Å². The van der Waals surface area contributed by atoms with E-state index in [1.165, 1.54) is 199 Å². The van der Waals surface area contributed by atoms with Crippen molar-refractivity contribution in [2.24, 2.45) is 0 Å². The average Bonchev–Trinajstić information content (AvgIpc) is 3.12. The van der Waals surface area contributed by atoms with E-state index in [0.29, 0.717) is 6.42 Å². The van der Waals surface area contributed by atoms with Crippen LogP contribution in [0.2, 0.25) is 0 Å². The maximum Gasteiger partial charge on any atom is 0.220 e. The van der Waals surface area contributed by atoms with Crippen molar-refractivity contribution in [2.75, 3.05) is 6.61 Å². The Morgan fingerprint density at radius 3 is 1.10 bits per heavy atom. The van der Waals surface area contributed by atoms with Crippen LogP contribution in [0.1, 0.15) is 245 Å². The Balaban J connectivity index is 3.41. The molecule has 0 aromatic heterocycles. The number of hydrogen-bond donors (Lipinski definition) is 3. The van der Waals surface area contributed by atoms with Crippen LogP contribution >= 0.6 is 0 Å². The first-order chi connectivity index (χ1) is 24.7. The Kier molecular flexibility index (Phi) is 41.3. The molecule has 50 heavy (non-hydrogen) atoms. The molecule has 2 atom stereocenters. The van der Waals surface area contributed by atoms with E-state index in [1.54, 1.807) is 6.08 Å². The van der Waals surface area contributed by atoms with Gasteiger partial charge in [0.05, 0.1) is 18.8 Å². The summed E-state index contributed by atoms with van der Waals surface area (Å²) in [4.78, 5) is 12.3. The Bertz CT molecular complexity index is 720. The van der Waals surface area contributed by atoms with Crippen LogP contribution in [0.3, 0.4) is 0 Å². The fourth-order valence-electron chi connectivity index (χ4n) is 6.94. The third kappa shape index (κ3) is 38.1. The standard InChI is InChI=1S/C46H89NO3/c1-3-5-7-9-11-13-14-15-16-17-18-19-20-21-22-23-24-25-26-27-28-29-30-31-32-34-36-38-40-42-46(50)47-44(43-48)45(49)41-39-37-35-33-12-10-8-6-4-2/h17-18,39,41,44-45,48-49H,3-16,19-38,40,42-43H2,1-2H3,(H,47,50)/b18-17-,41-39+. The first kappa shape index (κ1) is 48.9. The SMILES string of the molecule is CCCCCCCCC/C=C/C(O)C(CO)NC(=O)CCCCCCCCCCCCCCCCCCC/C=C\CCCCCCCCCC. The predicted octanol–water partition coefficient (Wildman–Crippen LogP) is 14.0. The lowest BCUT2D eigenvalue weighted by atomic mass is 10.0. The van der Waals surface area contributed by atoms with Gasteiger partial charge < -0.3 is 15.5 Å². The summed E-state index contributed by atoms with van der Waals surface area (Å²) < 4.78 is 0. The van der Waals surface area contributed by atoms with Gasteiger partial charge in [-0.25, -0.2) is 0 Å². The molecule has 0 aliphatic carbocycles. The van der Waals surface area contributed by atoms with E-state index < -0.39 is 12.1 Å². The lowest BCUT2D eigenvalue weighted by Crippen LogP contribution is -2.45. The molecule has 0 spiro atoms. The Morgan fingerprint density at radius 2 is 0.760 bits per heavy atom. The number of hydrogen-bond acceptors (Lipinski definition) is 3. The van der Waals surface area contributed by atoms with Crippen LogP contribution in [-0.2, 0) is 4.79 Å². The van der Waals surface area contributed by atoms with Crippen LogP contribution in [-0.4, -0.2) is 34.9 Å². The highest BCUT2D eigenvalue weighted by atomic mass is 16.3. The van der Waals surface area contributed by atoms with E-state index in [2.05, 4.69) is 31.3 Å². The van der Waals surface area contributed by atoms with Crippen LogP contribution in [0.15, 0.2) is 24.3 Å². The van der Waals surface area contributed by atoms with Gasteiger partial charge in [0, 0.05) is 6.42 Å². The summed E-state index contributed by atoms with van der Waals surface area (Å²) >= 11 is 0. The molecule has 0 heterocycles. The normalized spacial score (nSPS) is 13.1. The number of carbonyl (C=O) groups is 1. The van der Waals surface area contributed by atoms with Crippen molar-refractivity contribution in [3.05, 3.63) is 24.3 Å². The second-order valence-corrected chi connectivity index (χ2v) is 15.5. The van der Waals surface area contributed by atoms with Gasteiger partial charge in [0.15, 0.2) is 0 Å². The van der Waals surface area contributed by atoms with Gasteiger partial charge in [-0.1, -0.05) is 218 Å². The average molecular weight is 704 g/mol. The van der Waals surface area contributed by atoms with Crippen molar-refractivity contribution in [2.45, 2.75) is 257 Å². The van der Waals surface area contributed by atoms with Crippen molar-refractivity contribution in [1.29, 1.82) is 0 Å². The molecular formula is C46H89NO3. The highest BCUT2D eigenvalue weighted by molar-refractivity contribution is 5.76. The molecule has 0 radical (unpaired) electrons. The van der Waals surface area contributed by atoms with Crippen molar-refractivity contribution < 1.29 is 15.0 Å². The third-order valence-electron chi connectivity index (χ3n) is 10.4. The minimum atomic E-state index is -0.833. The Morgan fingerprint density at radius 1 is 0.460 bits per heavy atom. The molecule has 0 aliphatic rings. The maximum atomic E-state index is 12.3. The second-order valence-electron chi connectivity index (χ2n) is 15.5. The van der Waals surface area contributed by atoms with Gasteiger partial charge >= 0.3 is 0 Å². The summed E-state index contributed by atoms with van der Waals surface area (Å²) in [6.45, 7) is 4.29. The first-order valence-electron chi connectivity index (χ1n) is 22.6. The molecule has 0 bridgehead atoms.